The molecule has 184 valence electrons. The van der Waals surface area contributed by atoms with Gasteiger partial charge >= 0.3 is 0 Å². The number of nitrogens with zero attached hydrogens (tertiary/aromatic N) is 4. The number of aliphatic hydroxyl groups is 1. The van der Waals surface area contributed by atoms with Gasteiger partial charge in [-0.05, 0) is 37.6 Å². The number of aromatic amines is 1. The van der Waals surface area contributed by atoms with Crippen LogP contribution in [0.2, 0.25) is 0 Å². The van der Waals surface area contributed by atoms with E-state index in [0.717, 1.165) is 27.4 Å². The highest BCUT2D eigenvalue weighted by Gasteiger charge is 2.31. The number of alkyl halides is 2. The summed E-state index contributed by atoms with van der Waals surface area (Å²) in [5.41, 5.74) is 3.35. The lowest BCUT2D eigenvalue weighted by Gasteiger charge is -2.20. The predicted octanol–water partition coefficient (Wildman–Crippen LogP) is 4.44. The maximum absolute atomic E-state index is 14.1. The molecule has 0 aliphatic heterocycles. The molecule has 36 heavy (non-hydrogen) atoms. The van der Waals surface area contributed by atoms with E-state index in [4.69, 9.17) is 5.11 Å². The van der Waals surface area contributed by atoms with Gasteiger partial charge in [0.1, 0.15) is 18.2 Å². The first-order chi connectivity index (χ1) is 17.2. The third kappa shape index (κ3) is 4.09. The molecule has 8 nitrogen and oxygen atoms in total. The van der Waals surface area contributed by atoms with Crippen molar-refractivity contribution in [2.24, 2.45) is 7.05 Å². The number of pyridine rings is 1. The fourth-order valence-corrected chi connectivity index (χ4v) is 4.39. The van der Waals surface area contributed by atoms with Gasteiger partial charge in [0, 0.05) is 52.8 Å². The molecule has 0 bridgehead atoms. The van der Waals surface area contributed by atoms with Crippen LogP contribution in [0.15, 0.2) is 59.7 Å². The first-order valence-corrected chi connectivity index (χ1v) is 11.4. The lowest BCUT2D eigenvalue weighted by atomic mass is 10.00. The van der Waals surface area contributed by atoms with Crippen LogP contribution >= 0.6 is 0 Å². The minimum atomic E-state index is -3.33. The summed E-state index contributed by atoms with van der Waals surface area (Å²) in [5, 5.41) is 18.4. The Kier molecular flexibility index (Phi) is 5.76. The number of nitrogens with one attached hydrogen (secondary N) is 2. The first kappa shape index (κ1) is 23.6. The third-order valence-corrected chi connectivity index (χ3v) is 6.25. The van der Waals surface area contributed by atoms with Crippen LogP contribution in [0.1, 0.15) is 29.9 Å². The largest absolute Gasteiger partial charge is 0.390 e. The number of aryl methyl sites for hydroxylation is 2. The van der Waals surface area contributed by atoms with E-state index in [2.05, 4.69) is 25.4 Å². The van der Waals surface area contributed by atoms with Gasteiger partial charge in [0.25, 0.3) is 5.92 Å². The summed E-state index contributed by atoms with van der Waals surface area (Å²) in [6.07, 6.45) is 3.39. The summed E-state index contributed by atoms with van der Waals surface area (Å²) in [6.45, 7) is 2.38. The average Bonchev–Trinajstić information content (AvgIpc) is 3.26. The fourth-order valence-electron chi connectivity index (χ4n) is 4.39. The Hall–Kier alpha value is -4.18. The smallest absolute Gasteiger partial charge is 0.295 e. The molecule has 3 N–H and O–H groups in total. The zero-order chi connectivity index (χ0) is 25.6. The zero-order valence-electron chi connectivity index (χ0n) is 19.9. The highest BCUT2D eigenvalue weighted by molar-refractivity contribution is 6.13. The minimum absolute atomic E-state index is 0.204. The van der Waals surface area contributed by atoms with Crippen LogP contribution in [0.4, 0.5) is 14.6 Å². The summed E-state index contributed by atoms with van der Waals surface area (Å²) >= 11 is 0. The van der Waals surface area contributed by atoms with Crippen molar-refractivity contribution in [3.05, 3.63) is 82.2 Å². The number of hydrogen-bond acceptors (Lipinski definition) is 6. The SMILES string of the molecule is Cc1nc(N[C@H](C)c2cccc(C(F)(F)CO)c2)c2cc(-c3ccc(=O)[nH]c3)c3c(cnn3C)c2n1. The molecule has 5 rings (SSSR count). The van der Waals surface area contributed by atoms with Crippen molar-refractivity contribution in [3.63, 3.8) is 0 Å². The van der Waals surface area contributed by atoms with Crippen molar-refractivity contribution in [1.82, 2.24) is 24.7 Å². The van der Waals surface area contributed by atoms with Crippen LogP contribution in [0.5, 0.6) is 0 Å². The molecule has 0 amide bonds. The van der Waals surface area contributed by atoms with Gasteiger partial charge in [0.2, 0.25) is 5.56 Å². The topological polar surface area (TPSA) is 109 Å². The van der Waals surface area contributed by atoms with Gasteiger partial charge in [-0.15, -0.1) is 0 Å². The quantitative estimate of drug-likeness (QED) is 0.325. The predicted molar refractivity (Wildman–Crippen MR) is 134 cm³/mol. The van der Waals surface area contributed by atoms with Crippen molar-refractivity contribution in [1.29, 1.82) is 0 Å². The Morgan fingerprint density at radius 3 is 2.69 bits per heavy atom. The Morgan fingerprint density at radius 1 is 1.17 bits per heavy atom. The van der Waals surface area contributed by atoms with Gasteiger partial charge in [0.05, 0.1) is 17.2 Å². The van der Waals surface area contributed by atoms with Gasteiger partial charge < -0.3 is 15.4 Å². The molecular formula is C26H24F2N6O2. The van der Waals surface area contributed by atoms with E-state index in [1.807, 2.05) is 20.0 Å². The van der Waals surface area contributed by atoms with Crippen LogP contribution in [-0.2, 0) is 13.0 Å². The molecule has 0 radical (unpaired) electrons. The molecule has 0 saturated carbocycles. The molecule has 1 atom stereocenters. The van der Waals surface area contributed by atoms with Crippen molar-refractivity contribution < 1.29 is 13.9 Å². The Balaban J connectivity index is 1.66. The van der Waals surface area contributed by atoms with Gasteiger partial charge in [-0.25, -0.2) is 9.97 Å². The molecule has 0 aliphatic rings. The van der Waals surface area contributed by atoms with E-state index in [-0.39, 0.29) is 17.2 Å². The van der Waals surface area contributed by atoms with Crippen molar-refractivity contribution in [2.45, 2.75) is 25.8 Å². The van der Waals surface area contributed by atoms with Gasteiger partial charge in [0.15, 0.2) is 0 Å². The van der Waals surface area contributed by atoms with Crippen LogP contribution in [0.3, 0.4) is 0 Å². The summed E-state index contributed by atoms with van der Waals surface area (Å²) in [6, 6.07) is 10.7. The lowest BCUT2D eigenvalue weighted by molar-refractivity contribution is -0.0556. The van der Waals surface area contributed by atoms with E-state index in [9.17, 15) is 13.6 Å². The van der Waals surface area contributed by atoms with E-state index in [1.165, 1.54) is 18.2 Å². The Morgan fingerprint density at radius 2 is 1.97 bits per heavy atom. The second-order valence-electron chi connectivity index (χ2n) is 8.77. The van der Waals surface area contributed by atoms with Crippen LogP contribution < -0.4 is 10.9 Å². The van der Waals surface area contributed by atoms with Gasteiger partial charge in [-0.1, -0.05) is 18.2 Å². The number of fused-ring (bicyclic) bond motifs is 3. The summed E-state index contributed by atoms with van der Waals surface area (Å²) in [7, 11) is 1.84. The number of aliphatic hydroxyl groups excluding tert-OH is 1. The lowest BCUT2D eigenvalue weighted by Crippen LogP contribution is -2.19. The molecule has 3 heterocycles. The number of anilines is 1. The summed E-state index contributed by atoms with van der Waals surface area (Å²) in [5.74, 6) is -2.24. The molecule has 5 aromatic rings. The molecule has 10 heteroatoms. The summed E-state index contributed by atoms with van der Waals surface area (Å²) in [4.78, 5) is 23.6. The molecule has 2 aromatic carbocycles. The third-order valence-electron chi connectivity index (χ3n) is 6.25. The number of aromatic nitrogens is 5. The average molecular weight is 491 g/mol. The molecule has 0 aliphatic carbocycles. The second kappa shape index (κ2) is 8.80. The number of benzene rings is 2. The molecule has 0 spiro atoms. The standard InChI is InChI=1S/C26H24F2N6O2/c1-14(16-5-4-6-18(9-16)26(27,28)13-35)31-25-20-10-19(17-7-8-22(36)29-11-17)24-21(12-30-34(24)3)23(20)32-15(2)33-25/h4-12,14,35H,13H2,1-3H3,(H,29,36)(H,31,32,33)/t14-/m1/s1. The van der Waals surface area contributed by atoms with Crippen LogP contribution in [0.25, 0.3) is 32.9 Å². The molecular weight excluding hydrogens is 466 g/mol. The summed E-state index contributed by atoms with van der Waals surface area (Å²) < 4.78 is 29.9. The van der Waals surface area contributed by atoms with Crippen molar-refractivity contribution in [3.8, 4) is 11.1 Å². The van der Waals surface area contributed by atoms with Crippen molar-refractivity contribution in [2.75, 3.05) is 11.9 Å². The maximum Gasteiger partial charge on any atom is 0.295 e. The van der Waals surface area contributed by atoms with Crippen molar-refractivity contribution >= 4 is 27.6 Å². The van der Waals surface area contributed by atoms with Crippen LogP contribution in [-0.4, -0.2) is 36.4 Å². The van der Waals surface area contributed by atoms with E-state index >= 15 is 0 Å². The van der Waals surface area contributed by atoms with E-state index in [1.54, 1.807) is 42.2 Å². The second-order valence-corrected chi connectivity index (χ2v) is 8.77. The Bertz CT molecular complexity index is 1640. The van der Waals surface area contributed by atoms with Crippen LogP contribution in [0, 0.1) is 6.92 Å². The van der Waals surface area contributed by atoms with E-state index in [0.29, 0.717) is 22.7 Å². The fraction of sp³-hybridized carbons (Fsp3) is 0.231. The number of hydrogen-bond donors (Lipinski definition) is 3. The molecule has 0 fully saturated rings. The van der Waals surface area contributed by atoms with E-state index < -0.39 is 12.5 Å². The van der Waals surface area contributed by atoms with Gasteiger partial charge in [-0.3, -0.25) is 9.48 Å². The normalized spacial score (nSPS) is 12.8. The molecule has 3 aromatic heterocycles. The highest BCUT2D eigenvalue weighted by atomic mass is 19.3. The zero-order valence-corrected chi connectivity index (χ0v) is 19.9. The number of H-pyrrole nitrogens is 1. The maximum atomic E-state index is 14.1. The Labute approximate surface area is 204 Å². The highest BCUT2D eigenvalue weighted by Crippen LogP contribution is 2.37. The minimum Gasteiger partial charge on any atom is -0.390 e. The number of halogens is 2. The monoisotopic (exact) mass is 490 g/mol. The van der Waals surface area contributed by atoms with Gasteiger partial charge in [-0.2, -0.15) is 13.9 Å². The first-order valence-electron chi connectivity index (χ1n) is 11.4. The number of rotatable bonds is 6. The molecule has 0 saturated heterocycles. The molecule has 0 unspecified atom stereocenters.